The highest BCUT2D eigenvalue weighted by molar-refractivity contribution is 5.34. The molecule has 0 N–H and O–H groups in total. The van der Waals surface area contributed by atoms with Crippen molar-refractivity contribution in [2.45, 2.75) is 6.54 Å². The minimum Gasteiger partial charge on any atom is -0.333 e. The van der Waals surface area contributed by atoms with Gasteiger partial charge in [-0.05, 0) is 17.7 Å². The molecule has 0 aliphatic rings. The molecule has 84 valence electrons. The fraction of sp³-hybridized carbons (Fsp3) is 0.0769. The van der Waals surface area contributed by atoms with E-state index in [1.807, 2.05) is 27.9 Å². The number of nitrogens with zero attached hydrogens (tertiary/aromatic N) is 4. The first-order valence-corrected chi connectivity index (χ1v) is 5.45. The van der Waals surface area contributed by atoms with Crippen molar-refractivity contribution in [2.75, 3.05) is 0 Å². The highest BCUT2D eigenvalue weighted by atomic mass is 15.0. The molecule has 1 aromatic carbocycles. The predicted molar refractivity (Wildman–Crippen MR) is 64.9 cm³/mol. The van der Waals surface area contributed by atoms with Crippen LogP contribution in [0.2, 0.25) is 0 Å². The molecule has 0 bridgehead atoms. The first-order chi connectivity index (χ1) is 8.42. The van der Waals surface area contributed by atoms with Crippen LogP contribution >= 0.6 is 0 Å². The summed E-state index contributed by atoms with van der Waals surface area (Å²) in [5.41, 5.74) is 2.38. The normalized spacial score (nSPS) is 10.6. The molecule has 4 heteroatoms. The van der Waals surface area contributed by atoms with Crippen molar-refractivity contribution in [1.82, 2.24) is 19.1 Å². The van der Waals surface area contributed by atoms with Gasteiger partial charge >= 0.3 is 0 Å². The quantitative estimate of drug-likeness (QED) is 0.683. The molecule has 17 heavy (non-hydrogen) atoms. The van der Waals surface area contributed by atoms with Crippen LogP contribution in [-0.2, 0) is 6.54 Å². The summed E-state index contributed by atoms with van der Waals surface area (Å²) in [6.07, 6.45) is 11.1. The Morgan fingerprint density at radius 2 is 1.65 bits per heavy atom. The second-order valence-corrected chi connectivity index (χ2v) is 3.87. The number of imidazole rings is 2. The zero-order chi connectivity index (χ0) is 11.5. The van der Waals surface area contributed by atoms with Crippen molar-refractivity contribution in [2.24, 2.45) is 0 Å². The average Bonchev–Trinajstić information content (AvgIpc) is 3.01. The maximum atomic E-state index is 4.03. The van der Waals surface area contributed by atoms with Crippen LogP contribution in [0.1, 0.15) is 5.56 Å². The van der Waals surface area contributed by atoms with Gasteiger partial charge in [0.25, 0.3) is 0 Å². The molecule has 0 amide bonds. The van der Waals surface area contributed by atoms with Gasteiger partial charge in [0.1, 0.15) is 0 Å². The van der Waals surface area contributed by atoms with E-state index in [-0.39, 0.29) is 0 Å². The summed E-state index contributed by atoms with van der Waals surface area (Å²) < 4.78 is 4.03. The van der Waals surface area contributed by atoms with Gasteiger partial charge in [-0.25, -0.2) is 9.97 Å². The van der Waals surface area contributed by atoms with E-state index in [2.05, 4.69) is 34.2 Å². The first-order valence-electron chi connectivity index (χ1n) is 5.45. The lowest BCUT2D eigenvalue weighted by Gasteiger charge is -2.05. The Hall–Kier alpha value is -2.36. The van der Waals surface area contributed by atoms with E-state index in [0.717, 1.165) is 12.2 Å². The fourth-order valence-electron chi connectivity index (χ4n) is 1.78. The van der Waals surface area contributed by atoms with Gasteiger partial charge in [0.2, 0.25) is 0 Å². The molecule has 2 aromatic heterocycles. The standard InChI is InChI=1S/C13H12N4/c1-3-13(17-8-6-15-11-17)4-2-12(1)9-16-7-5-14-10-16/h1-8,10-11H,9H2. The lowest BCUT2D eigenvalue weighted by atomic mass is 10.2. The topological polar surface area (TPSA) is 35.6 Å². The molecule has 0 aliphatic carbocycles. The smallest absolute Gasteiger partial charge is 0.0991 e. The van der Waals surface area contributed by atoms with E-state index < -0.39 is 0 Å². The van der Waals surface area contributed by atoms with Gasteiger partial charge in [-0.15, -0.1) is 0 Å². The molecule has 3 aromatic rings. The van der Waals surface area contributed by atoms with Gasteiger partial charge in [-0.1, -0.05) is 12.1 Å². The summed E-state index contributed by atoms with van der Waals surface area (Å²) in [6, 6.07) is 8.42. The molecule has 2 heterocycles. The molecule has 4 nitrogen and oxygen atoms in total. The second-order valence-electron chi connectivity index (χ2n) is 3.87. The van der Waals surface area contributed by atoms with E-state index in [1.165, 1.54) is 5.56 Å². The highest BCUT2D eigenvalue weighted by Gasteiger charge is 1.97. The summed E-state index contributed by atoms with van der Waals surface area (Å²) >= 11 is 0. The Labute approximate surface area is 99.2 Å². The molecule has 0 unspecified atom stereocenters. The highest BCUT2D eigenvalue weighted by Crippen LogP contribution is 2.10. The van der Waals surface area contributed by atoms with Crippen molar-refractivity contribution in [3.8, 4) is 5.69 Å². The van der Waals surface area contributed by atoms with Crippen LogP contribution in [0.25, 0.3) is 5.69 Å². The molecule has 0 atom stereocenters. The lowest BCUT2D eigenvalue weighted by molar-refractivity contribution is 0.797. The molecule has 3 rings (SSSR count). The third kappa shape index (κ3) is 2.10. The van der Waals surface area contributed by atoms with Crippen molar-refractivity contribution in [3.05, 3.63) is 67.3 Å². The summed E-state index contributed by atoms with van der Waals surface area (Å²) in [4.78, 5) is 8.06. The predicted octanol–water partition coefficient (Wildman–Crippen LogP) is 2.12. The van der Waals surface area contributed by atoms with Crippen LogP contribution in [0.15, 0.2) is 61.7 Å². The number of benzene rings is 1. The number of hydrogen-bond acceptors (Lipinski definition) is 2. The van der Waals surface area contributed by atoms with Gasteiger partial charge in [0.15, 0.2) is 0 Å². The van der Waals surface area contributed by atoms with Gasteiger partial charge in [-0.3, -0.25) is 0 Å². The van der Waals surface area contributed by atoms with Crippen LogP contribution in [0.4, 0.5) is 0 Å². The molecule has 0 radical (unpaired) electrons. The van der Waals surface area contributed by atoms with Crippen molar-refractivity contribution in [1.29, 1.82) is 0 Å². The first kappa shape index (κ1) is 9.84. The van der Waals surface area contributed by atoms with Crippen LogP contribution in [0.3, 0.4) is 0 Å². The van der Waals surface area contributed by atoms with E-state index in [4.69, 9.17) is 0 Å². The van der Waals surface area contributed by atoms with E-state index >= 15 is 0 Å². The van der Waals surface area contributed by atoms with Gasteiger partial charge < -0.3 is 9.13 Å². The Morgan fingerprint density at radius 3 is 2.29 bits per heavy atom. The maximum absolute atomic E-state index is 4.03. The third-order valence-electron chi connectivity index (χ3n) is 2.66. The lowest BCUT2D eigenvalue weighted by Crippen LogP contribution is -1.97. The molecule has 0 spiro atoms. The second kappa shape index (κ2) is 4.25. The van der Waals surface area contributed by atoms with Gasteiger partial charge in [0, 0.05) is 37.0 Å². The van der Waals surface area contributed by atoms with Crippen LogP contribution in [0, 0.1) is 0 Å². The van der Waals surface area contributed by atoms with Crippen LogP contribution in [0.5, 0.6) is 0 Å². The monoisotopic (exact) mass is 224 g/mol. The Kier molecular flexibility index (Phi) is 2.46. The van der Waals surface area contributed by atoms with Gasteiger partial charge in [0.05, 0.1) is 12.7 Å². The Balaban J connectivity index is 1.81. The number of hydrogen-bond donors (Lipinski definition) is 0. The zero-order valence-electron chi connectivity index (χ0n) is 9.27. The summed E-state index contributed by atoms with van der Waals surface area (Å²) in [6.45, 7) is 0.851. The SMILES string of the molecule is c1cn(Cc2ccc(-n3ccnc3)cc2)cn1. The summed E-state index contributed by atoms with van der Waals surface area (Å²) in [5, 5.41) is 0. The molecule has 0 fully saturated rings. The Morgan fingerprint density at radius 1 is 0.882 bits per heavy atom. The largest absolute Gasteiger partial charge is 0.333 e. The van der Waals surface area contributed by atoms with Crippen LogP contribution < -0.4 is 0 Å². The minimum atomic E-state index is 0.851. The Bertz CT molecular complexity index is 564. The zero-order valence-corrected chi connectivity index (χ0v) is 9.27. The summed E-state index contributed by atoms with van der Waals surface area (Å²) in [5.74, 6) is 0. The van der Waals surface area contributed by atoms with E-state index in [9.17, 15) is 0 Å². The van der Waals surface area contributed by atoms with E-state index in [1.54, 1.807) is 18.7 Å². The van der Waals surface area contributed by atoms with Crippen molar-refractivity contribution in [3.63, 3.8) is 0 Å². The summed E-state index contributed by atoms with van der Waals surface area (Å²) in [7, 11) is 0. The molecular weight excluding hydrogens is 212 g/mol. The number of rotatable bonds is 3. The van der Waals surface area contributed by atoms with E-state index in [0.29, 0.717) is 0 Å². The van der Waals surface area contributed by atoms with Crippen molar-refractivity contribution < 1.29 is 0 Å². The molecule has 0 aliphatic heterocycles. The number of aromatic nitrogens is 4. The maximum Gasteiger partial charge on any atom is 0.0991 e. The fourth-order valence-corrected chi connectivity index (χ4v) is 1.78. The minimum absolute atomic E-state index is 0.851. The van der Waals surface area contributed by atoms with Gasteiger partial charge in [-0.2, -0.15) is 0 Å². The molecule has 0 saturated heterocycles. The molecule has 0 saturated carbocycles. The average molecular weight is 224 g/mol. The third-order valence-corrected chi connectivity index (χ3v) is 2.66. The van der Waals surface area contributed by atoms with Crippen LogP contribution in [-0.4, -0.2) is 19.1 Å². The van der Waals surface area contributed by atoms with Crippen molar-refractivity contribution >= 4 is 0 Å². The molecular formula is C13H12N4.